The molecule has 0 N–H and O–H groups in total. The van der Waals surface area contributed by atoms with Gasteiger partial charge in [-0.05, 0) is 40.9 Å². The third-order valence-corrected chi connectivity index (χ3v) is 8.76. The smallest absolute Gasteiger partial charge is 0.131 e. The molecule has 7 nitrogen and oxygen atoms in total. The van der Waals surface area contributed by atoms with Crippen molar-refractivity contribution in [3.8, 4) is 6.07 Å². The van der Waals surface area contributed by atoms with Crippen LogP contribution in [0, 0.1) is 18.3 Å². The van der Waals surface area contributed by atoms with Crippen LogP contribution in [0.2, 0.25) is 5.21 Å². The standard InChI is InChI=1S/C21H27B6N7/c1-12-6-13(8-28)9-30-18(12)32-5-3-16-14(11-32)7-15(10-29-16)33-17-2-4-31-34(17)21(26,27)19(22,23)20(33,24)25/h2,4,6-7,9-10H,3,5,11,22-27H2,1H3. The van der Waals surface area contributed by atoms with Crippen molar-refractivity contribution in [2.24, 2.45) is 0 Å². The summed E-state index contributed by atoms with van der Waals surface area (Å²) in [5, 5.41) is 13.5. The lowest BCUT2D eigenvalue weighted by Crippen LogP contribution is -2.70. The molecule has 5 rings (SSSR count). The van der Waals surface area contributed by atoms with E-state index in [1.807, 2.05) is 25.4 Å². The molecule has 3 aromatic heterocycles. The molecule has 0 amide bonds. The molecule has 0 aromatic carbocycles. The first-order chi connectivity index (χ1) is 16.0. The fourth-order valence-corrected chi connectivity index (χ4v) is 5.61. The van der Waals surface area contributed by atoms with Crippen LogP contribution in [0.5, 0.6) is 0 Å². The second-order valence-corrected chi connectivity index (χ2v) is 11.1. The minimum atomic E-state index is -0.178. The topological polar surface area (TPSA) is 73.9 Å². The summed E-state index contributed by atoms with van der Waals surface area (Å²) in [6.45, 7) is 3.63. The Morgan fingerprint density at radius 2 is 1.79 bits per heavy atom. The Bertz CT molecular complexity index is 1330. The van der Waals surface area contributed by atoms with Crippen LogP contribution in [0.25, 0.3) is 0 Å². The van der Waals surface area contributed by atoms with Gasteiger partial charge >= 0.3 is 0 Å². The predicted octanol–water partition coefficient (Wildman–Crippen LogP) is -3.25. The number of nitriles is 1. The van der Waals surface area contributed by atoms with Gasteiger partial charge in [0.2, 0.25) is 0 Å². The maximum absolute atomic E-state index is 9.19. The third kappa shape index (κ3) is 3.07. The van der Waals surface area contributed by atoms with E-state index in [0.717, 1.165) is 48.1 Å². The lowest BCUT2D eigenvalue weighted by Gasteiger charge is -2.63. The number of rotatable bonds is 2. The zero-order valence-electron chi connectivity index (χ0n) is 21.2. The van der Waals surface area contributed by atoms with Gasteiger partial charge in [0, 0.05) is 37.5 Å². The fraction of sp³-hybridized carbons (Fsp3) is 0.333. The molecule has 0 saturated heterocycles. The van der Waals surface area contributed by atoms with Crippen LogP contribution in [0.1, 0.15) is 22.4 Å². The first-order valence-corrected chi connectivity index (χ1v) is 11.9. The van der Waals surface area contributed by atoms with E-state index < -0.39 is 0 Å². The van der Waals surface area contributed by atoms with Crippen molar-refractivity contribution < 1.29 is 0 Å². The van der Waals surface area contributed by atoms with Gasteiger partial charge in [-0.1, -0.05) is 5.21 Å². The average Bonchev–Trinajstić information content (AvgIpc) is 3.27. The lowest BCUT2D eigenvalue weighted by molar-refractivity contribution is 0.394. The van der Waals surface area contributed by atoms with Crippen LogP contribution in [0.3, 0.4) is 0 Å². The second-order valence-electron chi connectivity index (χ2n) is 11.1. The van der Waals surface area contributed by atoms with Crippen molar-refractivity contribution in [1.82, 2.24) is 19.7 Å². The van der Waals surface area contributed by atoms with Crippen molar-refractivity contribution in [3.05, 3.63) is 59.2 Å². The molecule has 0 unspecified atom stereocenters. The van der Waals surface area contributed by atoms with Gasteiger partial charge in [0.15, 0.2) is 0 Å². The Labute approximate surface area is 206 Å². The molecule has 13 heteroatoms. The van der Waals surface area contributed by atoms with E-state index in [4.69, 9.17) is 10.1 Å². The zero-order chi connectivity index (χ0) is 24.5. The van der Waals surface area contributed by atoms with E-state index in [9.17, 15) is 5.26 Å². The van der Waals surface area contributed by atoms with Crippen molar-refractivity contribution >= 4 is 64.4 Å². The Morgan fingerprint density at radius 3 is 2.50 bits per heavy atom. The van der Waals surface area contributed by atoms with Gasteiger partial charge in [0.25, 0.3) is 0 Å². The van der Waals surface area contributed by atoms with Crippen molar-refractivity contribution in [2.45, 2.75) is 35.8 Å². The number of hydrogen-bond donors (Lipinski definition) is 0. The molecule has 0 atom stereocenters. The van der Waals surface area contributed by atoms with Gasteiger partial charge in [-0.15, -0.1) is 0 Å². The summed E-state index contributed by atoms with van der Waals surface area (Å²) < 4.78 is 2.16. The molecule has 0 spiro atoms. The molecule has 0 aliphatic carbocycles. The van der Waals surface area contributed by atoms with Crippen molar-refractivity contribution in [3.63, 3.8) is 0 Å². The van der Waals surface area contributed by atoms with Gasteiger partial charge in [0.05, 0.1) is 23.6 Å². The quantitative estimate of drug-likeness (QED) is 0.389. The molecule has 3 aromatic rings. The molecule has 2 aliphatic heterocycles. The van der Waals surface area contributed by atoms with Crippen molar-refractivity contribution in [2.75, 3.05) is 16.3 Å². The van der Waals surface area contributed by atoms with Crippen LogP contribution >= 0.6 is 0 Å². The highest BCUT2D eigenvalue weighted by Gasteiger charge is 2.56. The van der Waals surface area contributed by atoms with Crippen LogP contribution in [0.4, 0.5) is 17.3 Å². The Balaban J connectivity index is 1.56. The monoisotopic (exact) mass is 443 g/mol. The predicted molar refractivity (Wildman–Crippen MR) is 152 cm³/mol. The summed E-state index contributed by atoms with van der Waals surface area (Å²) in [6.07, 6.45) is 6.45. The summed E-state index contributed by atoms with van der Waals surface area (Å²) >= 11 is 0. The molecule has 34 heavy (non-hydrogen) atoms. The van der Waals surface area contributed by atoms with Crippen LogP contribution in [-0.2, 0) is 18.3 Å². The summed E-state index contributed by atoms with van der Waals surface area (Å²) in [5.41, 5.74) is 5.07. The highest BCUT2D eigenvalue weighted by atomic mass is 15.4. The molecular formula is C21H27B6N7. The normalized spacial score (nSPS) is 19.6. The van der Waals surface area contributed by atoms with Gasteiger partial charge in [-0.2, -0.15) is 10.4 Å². The molecule has 0 fully saturated rings. The average molecular weight is 442 g/mol. The molecule has 0 bridgehead atoms. The van der Waals surface area contributed by atoms with Gasteiger partial charge in [-0.3, -0.25) is 9.67 Å². The number of aromatic nitrogens is 4. The fourth-order valence-electron chi connectivity index (χ4n) is 5.61. The summed E-state index contributed by atoms with van der Waals surface area (Å²) in [6, 6.07) is 8.49. The second kappa shape index (κ2) is 7.49. The number of anilines is 3. The molecule has 0 saturated carbocycles. The number of pyridine rings is 2. The van der Waals surface area contributed by atoms with E-state index in [1.54, 1.807) is 6.20 Å². The summed E-state index contributed by atoms with van der Waals surface area (Å²) in [7, 11) is 13.9. The Kier molecular flexibility index (Phi) is 5.02. The summed E-state index contributed by atoms with van der Waals surface area (Å²) in [4.78, 5) is 14.2. The molecule has 164 valence electrons. The number of hydrogen-bond acceptors (Lipinski definition) is 6. The lowest BCUT2D eigenvalue weighted by atomic mass is 9.21. The molecule has 2 aliphatic rings. The minimum absolute atomic E-state index is 0.0789. The van der Waals surface area contributed by atoms with Gasteiger partial charge < -0.3 is 9.80 Å². The highest BCUT2D eigenvalue weighted by Crippen LogP contribution is 2.53. The van der Waals surface area contributed by atoms with Gasteiger partial charge in [-0.25, -0.2) is 4.98 Å². The first-order valence-electron chi connectivity index (χ1n) is 11.9. The van der Waals surface area contributed by atoms with Crippen LogP contribution < -0.4 is 9.80 Å². The van der Waals surface area contributed by atoms with E-state index in [2.05, 4.69) is 84.7 Å². The maximum atomic E-state index is 9.19. The van der Waals surface area contributed by atoms with Crippen LogP contribution in [0.15, 0.2) is 36.8 Å². The van der Waals surface area contributed by atoms with E-state index in [1.165, 1.54) is 5.56 Å². The minimum Gasteiger partial charge on any atom is -0.352 e. The largest absolute Gasteiger partial charge is 0.352 e. The molecular weight excluding hydrogens is 415 g/mol. The number of fused-ring (bicyclic) bond motifs is 2. The Hall–Kier alpha value is -3.01. The van der Waals surface area contributed by atoms with Crippen LogP contribution in [-0.4, -0.2) is 78.7 Å². The highest BCUT2D eigenvalue weighted by molar-refractivity contribution is 6.62. The Morgan fingerprint density at radius 1 is 1.03 bits per heavy atom. The SMILES string of the molecule is BC1(B)N(c2cnc3c(c2)CN(c2ncc(C#N)cc2C)CC3)c2ccnn2C(B)(B)C1(B)B. The number of nitrogens with zero attached hydrogens (tertiary/aromatic N) is 7. The van der Waals surface area contributed by atoms with Gasteiger partial charge in [0.1, 0.15) is 64.8 Å². The zero-order valence-corrected chi connectivity index (χ0v) is 21.2. The van der Waals surface area contributed by atoms with Crippen molar-refractivity contribution in [1.29, 1.82) is 5.26 Å². The maximum Gasteiger partial charge on any atom is 0.131 e. The van der Waals surface area contributed by atoms with E-state index in [-0.39, 0.29) is 15.9 Å². The summed E-state index contributed by atoms with van der Waals surface area (Å²) in [5.74, 6) is 2.03. The third-order valence-electron chi connectivity index (χ3n) is 8.76. The number of aryl methyl sites for hydroxylation is 1. The molecule has 0 radical (unpaired) electrons. The molecule has 5 heterocycles. The van der Waals surface area contributed by atoms with E-state index >= 15 is 0 Å². The first kappa shape index (κ1) is 22.8. The van der Waals surface area contributed by atoms with E-state index in [0.29, 0.717) is 5.56 Å².